The minimum atomic E-state index is -0.665. The van der Waals surface area contributed by atoms with Gasteiger partial charge in [0, 0.05) is 31.6 Å². The van der Waals surface area contributed by atoms with Gasteiger partial charge in [-0.3, -0.25) is 24.6 Å². The van der Waals surface area contributed by atoms with Gasteiger partial charge in [0.2, 0.25) is 18.2 Å². The highest BCUT2D eigenvalue weighted by molar-refractivity contribution is 6.00. The molecule has 0 bridgehead atoms. The molecule has 0 aliphatic carbocycles. The third-order valence-corrected chi connectivity index (χ3v) is 6.38. The smallest absolute Gasteiger partial charge is 0.249 e. The lowest BCUT2D eigenvalue weighted by Gasteiger charge is -2.30. The summed E-state index contributed by atoms with van der Waals surface area (Å²) >= 11 is 0. The number of carbonyl (C=O) groups excluding carboxylic acids is 3. The largest absolute Gasteiger partial charge is 0.489 e. The average Bonchev–Trinajstić information content (AvgIpc) is 2.84. The van der Waals surface area contributed by atoms with E-state index in [2.05, 4.69) is 34.5 Å². The SMILES string of the molecule is Cc1cccc(OCc2ccc(CN3CCOCC3)cc2)c1CN(C=O)C1CCC(=O)NC1=O. The predicted molar refractivity (Wildman–Crippen MR) is 126 cm³/mol. The van der Waals surface area contributed by atoms with E-state index in [4.69, 9.17) is 9.47 Å². The molecular weight excluding hydrogens is 434 g/mol. The van der Waals surface area contributed by atoms with E-state index in [9.17, 15) is 14.4 Å². The van der Waals surface area contributed by atoms with E-state index >= 15 is 0 Å². The molecule has 0 aromatic heterocycles. The molecule has 2 fully saturated rings. The maximum absolute atomic E-state index is 12.3. The number of nitrogens with zero attached hydrogens (tertiary/aromatic N) is 2. The standard InChI is InChI=1S/C26H31N3O5/c1-19-3-2-4-24(22(19)16-29(18-30)23-9-10-25(31)27-26(23)32)34-17-21-7-5-20(6-8-21)15-28-11-13-33-14-12-28/h2-8,18,23H,9-17H2,1H3,(H,27,31,32). The Labute approximate surface area is 199 Å². The molecule has 2 aliphatic rings. The first-order valence-corrected chi connectivity index (χ1v) is 11.7. The minimum absolute atomic E-state index is 0.222. The third kappa shape index (κ3) is 6.01. The Kier molecular flexibility index (Phi) is 7.92. The second-order valence-corrected chi connectivity index (χ2v) is 8.79. The van der Waals surface area contributed by atoms with E-state index in [1.165, 1.54) is 10.5 Å². The minimum Gasteiger partial charge on any atom is -0.489 e. The molecule has 2 aromatic carbocycles. The Bertz CT molecular complexity index is 1020. The highest BCUT2D eigenvalue weighted by atomic mass is 16.5. The lowest BCUT2D eigenvalue weighted by Crippen LogP contribution is -2.51. The number of ether oxygens (including phenoxy) is 2. The normalized spacial score (nSPS) is 18.9. The Balaban J connectivity index is 1.40. The third-order valence-electron chi connectivity index (χ3n) is 6.38. The fraction of sp³-hybridized carbons (Fsp3) is 0.423. The number of amides is 3. The number of morpholine rings is 1. The van der Waals surface area contributed by atoms with E-state index in [1.807, 2.05) is 25.1 Å². The van der Waals surface area contributed by atoms with Crippen LogP contribution in [0.5, 0.6) is 5.75 Å². The molecule has 2 aliphatic heterocycles. The molecule has 2 aromatic rings. The van der Waals surface area contributed by atoms with Gasteiger partial charge >= 0.3 is 0 Å². The zero-order chi connectivity index (χ0) is 23.9. The summed E-state index contributed by atoms with van der Waals surface area (Å²) in [4.78, 5) is 39.4. The molecule has 1 unspecified atom stereocenters. The van der Waals surface area contributed by atoms with Crippen molar-refractivity contribution in [3.63, 3.8) is 0 Å². The number of aryl methyl sites for hydroxylation is 1. The molecule has 180 valence electrons. The summed E-state index contributed by atoms with van der Waals surface area (Å²) in [5, 5.41) is 2.32. The van der Waals surface area contributed by atoms with Crippen molar-refractivity contribution in [2.45, 2.75) is 45.5 Å². The van der Waals surface area contributed by atoms with Crippen LogP contribution in [-0.2, 0) is 38.8 Å². The Morgan fingerprint density at radius 1 is 1.12 bits per heavy atom. The van der Waals surface area contributed by atoms with Gasteiger partial charge in [-0.2, -0.15) is 0 Å². The summed E-state index contributed by atoms with van der Waals surface area (Å²) in [6.07, 6.45) is 1.21. The molecule has 8 nitrogen and oxygen atoms in total. The van der Waals surface area contributed by atoms with Crippen LogP contribution in [0.3, 0.4) is 0 Å². The van der Waals surface area contributed by atoms with Crippen LogP contribution in [0.15, 0.2) is 42.5 Å². The van der Waals surface area contributed by atoms with Gasteiger partial charge in [-0.05, 0) is 36.1 Å². The van der Waals surface area contributed by atoms with E-state index in [-0.39, 0.29) is 18.9 Å². The molecule has 0 radical (unpaired) electrons. The molecule has 3 amide bonds. The molecule has 1 atom stereocenters. The van der Waals surface area contributed by atoms with Crippen LogP contribution in [0.25, 0.3) is 0 Å². The summed E-state index contributed by atoms with van der Waals surface area (Å²) in [6, 6.07) is 13.5. The van der Waals surface area contributed by atoms with Crippen molar-refractivity contribution in [2.24, 2.45) is 0 Å². The summed E-state index contributed by atoms with van der Waals surface area (Å²) in [7, 11) is 0. The lowest BCUT2D eigenvalue weighted by atomic mass is 10.0. The molecule has 2 saturated heterocycles. The highest BCUT2D eigenvalue weighted by Gasteiger charge is 2.31. The zero-order valence-corrected chi connectivity index (χ0v) is 19.5. The van der Waals surface area contributed by atoms with Crippen molar-refractivity contribution in [1.82, 2.24) is 15.1 Å². The summed E-state index contributed by atoms with van der Waals surface area (Å²) in [5.41, 5.74) is 4.13. The van der Waals surface area contributed by atoms with Gasteiger partial charge in [0.1, 0.15) is 18.4 Å². The van der Waals surface area contributed by atoms with E-state index in [0.29, 0.717) is 25.2 Å². The lowest BCUT2D eigenvalue weighted by molar-refractivity contribution is -0.141. The second-order valence-electron chi connectivity index (χ2n) is 8.79. The van der Waals surface area contributed by atoms with Gasteiger partial charge in [-0.25, -0.2) is 0 Å². The summed E-state index contributed by atoms with van der Waals surface area (Å²) < 4.78 is 11.6. The number of rotatable bonds is 9. The highest BCUT2D eigenvalue weighted by Crippen LogP contribution is 2.26. The molecule has 34 heavy (non-hydrogen) atoms. The Morgan fingerprint density at radius 3 is 2.56 bits per heavy atom. The molecule has 0 saturated carbocycles. The van der Waals surface area contributed by atoms with Gasteiger partial charge in [0.25, 0.3) is 0 Å². The molecule has 8 heteroatoms. The maximum atomic E-state index is 12.3. The molecule has 4 rings (SSSR count). The summed E-state index contributed by atoms with van der Waals surface area (Å²) in [6.45, 7) is 6.98. The van der Waals surface area contributed by atoms with Gasteiger partial charge in [0.15, 0.2) is 0 Å². The maximum Gasteiger partial charge on any atom is 0.249 e. The van der Waals surface area contributed by atoms with Crippen molar-refractivity contribution < 1.29 is 23.9 Å². The number of benzene rings is 2. The first-order valence-electron chi connectivity index (χ1n) is 11.7. The first-order chi connectivity index (χ1) is 16.5. The predicted octanol–water partition coefficient (Wildman–Crippen LogP) is 2.17. The zero-order valence-electron chi connectivity index (χ0n) is 19.5. The van der Waals surface area contributed by atoms with Gasteiger partial charge in [0.05, 0.1) is 19.8 Å². The monoisotopic (exact) mass is 465 g/mol. The first kappa shape index (κ1) is 23.9. The van der Waals surface area contributed by atoms with Crippen molar-refractivity contribution in [1.29, 1.82) is 0 Å². The van der Waals surface area contributed by atoms with Crippen molar-refractivity contribution in [2.75, 3.05) is 26.3 Å². The fourth-order valence-electron chi connectivity index (χ4n) is 4.33. The van der Waals surface area contributed by atoms with Gasteiger partial charge in [-0.15, -0.1) is 0 Å². The van der Waals surface area contributed by atoms with E-state index in [1.54, 1.807) is 0 Å². The number of hydrogen-bond acceptors (Lipinski definition) is 6. The van der Waals surface area contributed by atoms with Crippen LogP contribution in [0, 0.1) is 6.92 Å². The van der Waals surface area contributed by atoms with Crippen LogP contribution >= 0.6 is 0 Å². The number of nitrogens with one attached hydrogen (secondary N) is 1. The van der Waals surface area contributed by atoms with Crippen LogP contribution in [0.4, 0.5) is 0 Å². The molecule has 1 N–H and O–H groups in total. The number of hydrogen-bond donors (Lipinski definition) is 1. The van der Waals surface area contributed by atoms with Crippen molar-refractivity contribution in [3.8, 4) is 5.75 Å². The van der Waals surface area contributed by atoms with Crippen molar-refractivity contribution in [3.05, 3.63) is 64.7 Å². The number of piperidine rings is 1. The Morgan fingerprint density at radius 2 is 1.85 bits per heavy atom. The number of imide groups is 1. The summed E-state index contributed by atoms with van der Waals surface area (Å²) in [5.74, 6) is -0.0592. The van der Waals surface area contributed by atoms with Crippen molar-refractivity contribution >= 4 is 18.2 Å². The van der Waals surface area contributed by atoms with Crippen LogP contribution in [0.2, 0.25) is 0 Å². The van der Waals surface area contributed by atoms with Crippen LogP contribution in [0.1, 0.15) is 35.1 Å². The second kappa shape index (κ2) is 11.3. The average molecular weight is 466 g/mol. The molecular formula is C26H31N3O5. The van der Waals surface area contributed by atoms with Gasteiger partial charge < -0.3 is 14.4 Å². The van der Waals surface area contributed by atoms with E-state index in [0.717, 1.165) is 49.5 Å². The van der Waals surface area contributed by atoms with Crippen LogP contribution in [-0.4, -0.2) is 60.4 Å². The van der Waals surface area contributed by atoms with Gasteiger partial charge in [-0.1, -0.05) is 36.4 Å². The quantitative estimate of drug-likeness (QED) is 0.451. The molecule has 2 heterocycles. The fourth-order valence-corrected chi connectivity index (χ4v) is 4.33. The number of carbonyl (C=O) groups is 3. The Hall–Kier alpha value is -3.23. The topological polar surface area (TPSA) is 88.2 Å². The van der Waals surface area contributed by atoms with E-state index < -0.39 is 11.9 Å². The molecule has 0 spiro atoms. The van der Waals surface area contributed by atoms with Crippen LogP contribution < -0.4 is 10.1 Å².